The number of anilines is 2. The maximum absolute atomic E-state index is 13.4. The van der Waals surface area contributed by atoms with Crippen LogP contribution in [0.5, 0.6) is 0 Å². The average Bonchev–Trinajstić information content (AvgIpc) is 2.82. The average molecular weight is 268 g/mol. The van der Waals surface area contributed by atoms with Gasteiger partial charge in [-0.15, -0.1) is 0 Å². The summed E-state index contributed by atoms with van der Waals surface area (Å²) in [6, 6.07) is 3.91. The van der Waals surface area contributed by atoms with Crippen molar-refractivity contribution in [1.29, 1.82) is 0 Å². The summed E-state index contributed by atoms with van der Waals surface area (Å²) in [4.78, 5) is 11.6. The van der Waals surface area contributed by atoms with Gasteiger partial charge in [0.15, 0.2) is 11.6 Å². The van der Waals surface area contributed by atoms with Crippen LogP contribution in [0, 0.1) is 11.6 Å². The summed E-state index contributed by atoms with van der Waals surface area (Å²) in [5.74, 6) is -2.63. The number of hydrogen-bond acceptors (Lipinski definition) is 3. The maximum Gasteiger partial charge on any atom is 0.228 e. The molecule has 0 atom stereocenters. The van der Waals surface area contributed by atoms with Gasteiger partial charge >= 0.3 is 0 Å². The number of nitrogens with one attached hydrogen (secondary N) is 1. The second-order valence-corrected chi connectivity index (χ2v) is 4.46. The summed E-state index contributed by atoms with van der Waals surface area (Å²) in [5.41, 5.74) is 5.99. The predicted octanol–water partition coefficient (Wildman–Crippen LogP) is 2.79. The first-order valence-corrected chi connectivity index (χ1v) is 6.06. The van der Waals surface area contributed by atoms with Crippen molar-refractivity contribution in [1.82, 2.24) is 0 Å². The van der Waals surface area contributed by atoms with Crippen molar-refractivity contribution in [3.8, 4) is 0 Å². The lowest BCUT2D eigenvalue weighted by molar-refractivity contribution is -0.115. The van der Waals surface area contributed by atoms with Crippen LogP contribution in [0.2, 0.25) is 0 Å². The minimum Gasteiger partial charge on any atom is -0.397 e. The third-order valence-electron chi connectivity index (χ3n) is 2.34. The molecule has 3 nitrogen and oxygen atoms in total. The fourth-order valence-corrected chi connectivity index (χ4v) is 2.12. The van der Waals surface area contributed by atoms with Gasteiger partial charge < -0.3 is 11.1 Å². The van der Waals surface area contributed by atoms with E-state index in [0.29, 0.717) is 0 Å². The number of thiophene rings is 1. The van der Waals surface area contributed by atoms with Crippen LogP contribution in [0.4, 0.5) is 20.2 Å². The Balaban J connectivity index is 2.14. The lowest BCUT2D eigenvalue weighted by atomic mass is 10.2. The zero-order valence-electron chi connectivity index (χ0n) is 9.24. The van der Waals surface area contributed by atoms with E-state index >= 15 is 0 Å². The monoisotopic (exact) mass is 268 g/mol. The number of hydrogen-bond donors (Lipinski definition) is 2. The Bertz CT molecular complexity index is 570. The molecule has 0 aliphatic carbocycles. The Morgan fingerprint density at radius 3 is 2.78 bits per heavy atom. The van der Waals surface area contributed by atoms with Crippen molar-refractivity contribution >= 4 is 28.6 Å². The number of carbonyl (C=O) groups is 1. The Kier molecular flexibility index (Phi) is 3.57. The third kappa shape index (κ3) is 2.65. The van der Waals surface area contributed by atoms with Crippen molar-refractivity contribution in [3.63, 3.8) is 0 Å². The maximum atomic E-state index is 13.4. The summed E-state index contributed by atoms with van der Waals surface area (Å²) in [6.45, 7) is 0. The molecule has 0 bridgehead atoms. The van der Waals surface area contributed by atoms with Crippen molar-refractivity contribution < 1.29 is 13.6 Å². The molecular formula is C12H10F2N2OS. The molecule has 1 aromatic heterocycles. The Morgan fingerprint density at radius 1 is 1.33 bits per heavy atom. The van der Waals surface area contributed by atoms with Crippen molar-refractivity contribution in [2.45, 2.75) is 6.42 Å². The summed E-state index contributed by atoms with van der Waals surface area (Å²) in [7, 11) is 0. The highest BCUT2D eigenvalue weighted by molar-refractivity contribution is 7.08. The number of amides is 1. The summed E-state index contributed by atoms with van der Waals surface area (Å²) in [6.07, 6.45) is 0.0961. The van der Waals surface area contributed by atoms with Gasteiger partial charge in [0, 0.05) is 0 Å². The largest absolute Gasteiger partial charge is 0.397 e. The fraction of sp³-hybridized carbons (Fsp3) is 0.0833. The topological polar surface area (TPSA) is 55.1 Å². The van der Waals surface area contributed by atoms with Crippen LogP contribution in [-0.4, -0.2) is 5.91 Å². The number of halogens is 2. The van der Waals surface area contributed by atoms with Gasteiger partial charge in [-0.25, -0.2) is 8.78 Å². The van der Waals surface area contributed by atoms with Crippen LogP contribution < -0.4 is 11.1 Å². The minimum absolute atomic E-state index is 0.00688. The number of nitrogen functional groups attached to an aromatic ring is 1. The summed E-state index contributed by atoms with van der Waals surface area (Å²) in [5, 5.41) is 5.93. The van der Waals surface area contributed by atoms with Gasteiger partial charge in [-0.2, -0.15) is 11.3 Å². The fourth-order valence-electron chi connectivity index (χ4n) is 1.45. The first-order valence-electron chi connectivity index (χ1n) is 5.12. The lowest BCUT2D eigenvalue weighted by Gasteiger charge is -2.09. The van der Waals surface area contributed by atoms with E-state index in [4.69, 9.17) is 5.73 Å². The van der Waals surface area contributed by atoms with Gasteiger partial charge in [0.2, 0.25) is 5.91 Å². The Labute approximate surface area is 106 Å². The molecule has 3 N–H and O–H groups in total. The van der Waals surface area contributed by atoms with Crippen LogP contribution in [0.1, 0.15) is 5.56 Å². The van der Waals surface area contributed by atoms with Crippen molar-refractivity contribution in [3.05, 3.63) is 46.2 Å². The van der Waals surface area contributed by atoms with E-state index in [1.807, 2.05) is 10.8 Å². The van der Waals surface area contributed by atoms with E-state index in [2.05, 4.69) is 5.32 Å². The second kappa shape index (κ2) is 5.14. The van der Waals surface area contributed by atoms with Crippen molar-refractivity contribution in [2.24, 2.45) is 0 Å². The molecular weight excluding hydrogens is 258 g/mol. The quantitative estimate of drug-likeness (QED) is 0.841. The molecule has 0 saturated carbocycles. The first kappa shape index (κ1) is 12.5. The molecule has 94 valence electrons. The van der Waals surface area contributed by atoms with Crippen molar-refractivity contribution in [2.75, 3.05) is 11.1 Å². The van der Waals surface area contributed by atoms with Gasteiger partial charge in [0.05, 0.1) is 12.1 Å². The third-order valence-corrected chi connectivity index (χ3v) is 3.07. The first-order chi connectivity index (χ1) is 8.58. The molecule has 2 rings (SSSR count). The predicted molar refractivity (Wildman–Crippen MR) is 67.4 cm³/mol. The smallest absolute Gasteiger partial charge is 0.228 e. The van der Waals surface area contributed by atoms with Crippen LogP contribution >= 0.6 is 11.3 Å². The molecule has 0 fully saturated rings. The normalized spacial score (nSPS) is 10.3. The highest BCUT2D eigenvalue weighted by Gasteiger charge is 2.14. The molecule has 0 spiro atoms. The lowest BCUT2D eigenvalue weighted by Crippen LogP contribution is -2.16. The van der Waals surface area contributed by atoms with Crippen LogP contribution in [0.3, 0.4) is 0 Å². The Morgan fingerprint density at radius 2 is 2.11 bits per heavy atom. The van der Waals surface area contributed by atoms with Gasteiger partial charge in [0.25, 0.3) is 0 Å². The van der Waals surface area contributed by atoms with E-state index in [0.717, 1.165) is 11.6 Å². The standard InChI is InChI=1S/C12H10F2N2OS/c13-8-1-2-9(15)12(11(8)14)16-10(17)5-7-3-4-18-6-7/h1-4,6H,5,15H2,(H,16,17). The zero-order chi connectivity index (χ0) is 13.1. The second-order valence-electron chi connectivity index (χ2n) is 3.68. The summed E-state index contributed by atoms with van der Waals surface area (Å²) < 4.78 is 26.4. The number of rotatable bonds is 3. The molecule has 1 aromatic carbocycles. The van der Waals surface area contributed by atoms with Gasteiger partial charge in [-0.05, 0) is 34.5 Å². The van der Waals surface area contributed by atoms with Crippen LogP contribution in [-0.2, 0) is 11.2 Å². The molecule has 6 heteroatoms. The van der Waals surface area contributed by atoms with E-state index in [-0.39, 0.29) is 17.8 Å². The highest BCUT2D eigenvalue weighted by Crippen LogP contribution is 2.24. The highest BCUT2D eigenvalue weighted by atomic mass is 32.1. The van der Waals surface area contributed by atoms with Crippen LogP contribution in [0.25, 0.3) is 0 Å². The molecule has 0 saturated heterocycles. The van der Waals surface area contributed by atoms with Gasteiger partial charge in [-0.3, -0.25) is 4.79 Å². The molecule has 0 aliphatic rings. The number of benzene rings is 1. The molecule has 2 aromatic rings. The molecule has 0 unspecified atom stereocenters. The molecule has 1 amide bonds. The number of carbonyl (C=O) groups excluding carboxylic acids is 1. The number of nitrogens with two attached hydrogens (primary N) is 1. The SMILES string of the molecule is Nc1ccc(F)c(F)c1NC(=O)Cc1ccsc1. The summed E-state index contributed by atoms with van der Waals surface area (Å²) >= 11 is 1.46. The van der Waals surface area contributed by atoms with Crippen LogP contribution in [0.15, 0.2) is 29.0 Å². The van der Waals surface area contributed by atoms with E-state index in [1.165, 1.54) is 17.4 Å². The van der Waals surface area contributed by atoms with E-state index < -0.39 is 17.5 Å². The molecule has 0 radical (unpaired) electrons. The minimum atomic E-state index is -1.14. The van der Waals surface area contributed by atoms with Gasteiger partial charge in [-0.1, -0.05) is 0 Å². The zero-order valence-corrected chi connectivity index (χ0v) is 10.1. The molecule has 18 heavy (non-hydrogen) atoms. The van der Waals surface area contributed by atoms with E-state index in [1.54, 1.807) is 6.07 Å². The Hall–Kier alpha value is -1.95. The van der Waals surface area contributed by atoms with Gasteiger partial charge in [0.1, 0.15) is 5.69 Å². The van der Waals surface area contributed by atoms with E-state index in [9.17, 15) is 13.6 Å². The molecule has 1 heterocycles. The molecule has 0 aliphatic heterocycles.